The van der Waals surface area contributed by atoms with Gasteiger partial charge in [-0.2, -0.15) is 0 Å². The van der Waals surface area contributed by atoms with E-state index in [0.717, 1.165) is 26.2 Å². The predicted octanol–water partition coefficient (Wildman–Crippen LogP) is 0.717. The zero-order valence-electron chi connectivity index (χ0n) is 12.7. The van der Waals surface area contributed by atoms with E-state index in [1.54, 1.807) is 0 Å². The number of carbonyl (C=O) groups is 1. The van der Waals surface area contributed by atoms with Crippen molar-refractivity contribution in [3.05, 3.63) is 0 Å². The van der Waals surface area contributed by atoms with E-state index in [1.807, 2.05) is 20.8 Å². The van der Waals surface area contributed by atoms with Crippen molar-refractivity contribution in [2.45, 2.75) is 45.8 Å². The van der Waals surface area contributed by atoms with Crippen LogP contribution in [0.25, 0.3) is 0 Å². The molecular formula is C14H28N2O3. The number of β-amino-alcohol motifs (C(OH)–C–C–N with tert-alkyl or cyclic N) is 1. The molecular weight excluding hydrogens is 244 g/mol. The molecule has 0 spiro atoms. The lowest BCUT2D eigenvalue weighted by Crippen LogP contribution is -2.52. The minimum Gasteiger partial charge on any atom is -0.466 e. The molecule has 1 rings (SSSR count). The third kappa shape index (κ3) is 6.36. The molecule has 5 heteroatoms. The van der Waals surface area contributed by atoms with E-state index in [2.05, 4.69) is 16.7 Å². The Hall–Kier alpha value is -0.650. The average Bonchev–Trinajstić information content (AvgIpc) is 2.27. The average molecular weight is 272 g/mol. The van der Waals surface area contributed by atoms with Crippen molar-refractivity contribution in [1.82, 2.24) is 9.80 Å². The molecule has 1 saturated heterocycles. The standard InChI is InChI=1S/C14H28N2O3/c1-5-19-13(17)10-12(2)16-8-6-15(7-9-16)11-14(3,4)18/h12,18H,5-11H2,1-4H3. The predicted molar refractivity (Wildman–Crippen MR) is 75.0 cm³/mol. The number of hydrogen-bond acceptors (Lipinski definition) is 5. The van der Waals surface area contributed by atoms with E-state index in [9.17, 15) is 9.90 Å². The fourth-order valence-electron chi connectivity index (χ4n) is 2.50. The lowest BCUT2D eigenvalue weighted by Gasteiger charge is -2.39. The van der Waals surface area contributed by atoms with Gasteiger partial charge in [-0.15, -0.1) is 0 Å². The van der Waals surface area contributed by atoms with Crippen LogP contribution >= 0.6 is 0 Å². The van der Waals surface area contributed by atoms with E-state index < -0.39 is 5.60 Å². The molecule has 0 aromatic heterocycles. The van der Waals surface area contributed by atoms with Gasteiger partial charge in [-0.1, -0.05) is 0 Å². The largest absolute Gasteiger partial charge is 0.466 e. The van der Waals surface area contributed by atoms with Crippen LogP contribution in [0.5, 0.6) is 0 Å². The molecule has 1 N–H and O–H groups in total. The fourth-order valence-corrected chi connectivity index (χ4v) is 2.50. The Morgan fingerprint density at radius 1 is 1.32 bits per heavy atom. The number of esters is 1. The molecule has 0 radical (unpaired) electrons. The number of ether oxygens (including phenoxy) is 1. The summed E-state index contributed by atoms with van der Waals surface area (Å²) in [6.07, 6.45) is 0.458. The van der Waals surface area contributed by atoms with E-state index >= 15 is 0 Å². The molecule has 5 nitrogen and oxygen atoms in total. The van der Waals surface area contributed by atoms with Gasteiger partial charge in [0.05, 0.1) is 18.6 Å². The summed E-state index contributed by atoms with van der Waals surface area (Å²) in [6, 6.07) is 0.225. The van der Waals surface area contributed by atoms with Gasteiger partial charge >= 0.3 is 5.97 Å². The Kier molecular flexibility index (Phi) is 6.23. The molecule has 1 aliphatic rings. The van der Waals surface area contributed by atoms with Crippen molar-refractivity contribution in [3.63, 3.8) is 0 Å². The maximum atomic E-state index is 11.5. The molecule has 1 unspecified atom stereocenters. The first-order valence-corrected chi connectivity index (χ1v) is 7.16. The van der Waals surface area contributed by atoms with Crippen LogP contribution in [0.3, 0.4) is 0 Å². The van der Waals surface area contributed by atoms with E-state index in [-0.39, 0.29) is 12.0 Å². The van der Waals surface area contributed by atoms with Crippen LogP contribution in [0.1, 0.15) is 34.1 Å². The van der Waals surface area contributed by atoms with Gasteiger partial charge in [0.15, 0.2) is 0 Å². The highest BCUT2D eigenvalue weighted by Gasteiger charge is 2.25. The monoisotopic (exact) mass is 272 g/mol. The molecule has 0 aromatic carbocycles. The second kappa shape index (κ2) is 7.22. The summed E-state index contributed by atoms with van der Waals surface area (Å²) in [4.78, 5) is 16.0. The van der Waals surface area contributed by atoms with Crippen molar-refractivity contribution in [3.8, 4) is 0 Å². The SMILES string of the molecule is CCOC(=O)CC(C)N1CCN(CC(C)(C)O)CC1. The maximum Gasteiger partial charge on any atom is 0.307 e. The molecule has 0 amide bonds. The Morgan fingerprint density at radius 2 is 1.89 bits per heavy atom. The van der Waals surface area contributed by atoms with Gasteiger partial charge in [0, 0.05) is 38.8 Å². The molecule has 0 saturated carbocycles. The Balaban J connectivity index is 2.31. The van der Waals surface area contributed by atoms with Gasteiger partial charge < -0.3 is 9.84 Å². The summed E-state index contributed by atoms with van der Waals surface area (Å²) in [5.74, 6) is -0.117. The smallest absolute Gasteiger partial charge is 0.307 e. The maximum absolute atomic E-state index is 11.5. The highest BCUT2D eigenvalue weighted by Crippen LogP contribution is 2.12. The molecule has 0 aromatic rings. The second-order valence-corrected chi connectivity index (χ2v) is 5.98. The lowest BCUT2D eigenvalue weighted by molar-refractivity contribution is -0.144. The molecule has 112 valence electrons. The highest BCUT2D eigenvalue weighted by atomic mass is 16.5. The Labute approximate surface area is 116 Å². The first kappa shape index (κ1) is 16.4. The van der Waals surface area contributed by atoms with Crippen molar-refractivity contribution >= 4 is 5.97 Å². The van der Waals surface area contributed by atoms with Gasteiger partial charge in [0.1, 0.15) is 0 Å². The summed E-state index contributed by atoms with van der Waals surface area (Å²) in [6.45, 7) is 12.5. The summed E-state index contributed by atoms with van der Waals surface area (Å²) in [5, 5.41) is 9.81. The number of piperazine rings is 1. The van der Waals surface area contributed by atoms with Gasteiger partial charge in [-0.05, 0) is 27.7 Å². The summed E-state index contributed by atoms with van der Waals surface area (Å²) < 4.78 is 4.98. The van der Waals surface area contributed by atoms with Crippen LogP contribution in [0, 0.1) is 0 Å². The normalized spacial score (nSPS) is 20.3. The summed E-state index contributed by atoms with van der Waals surface area (Å²) in [5.41, 5.74) is -0.640. The number of hydrogen-bond donors (Lipinski definition) is 1. The Morgan fingerprint density at radius 3 is 2.37 bits per heavy atom. The summed E-state index contributed by atoms with van der Waals surface area (Å²) >= 11 is 0. The topological polar surface area (TPSA) is 53.0 Å². The van der Waals surface area contributed by atoms with Crippen LogP contribution in [0.4, 0.5) is 0 Å². The number of carbonyl (C=O) groups excluding carboxylic acids is 1. The summed E-state index contributed by atoms with van der Waals surface area (Å²) in [7, 11) is 0. The zero-order chi connectivity index (χ0) is 14.5. The second-order valence-electron chi connectivity index (χ2n) is 5.98. The number of aliphatic hydroxyl groups is 1. The van der Waals surface area contributed by atoms with Gasteiger partial charge in [-0.3, -0.25) is 14.6 Å². The first-order valence-electron chi connectivity index (χ1n) is 7.16. The zero-order valence-corrected chi connectivity index (χ0v) is 12.7. The Bertz CT molecular complexity index is 281. The van der Waals surface area contributed by atoms with Crippen molar-refractivity contribution < 1.29 is 14.6 Å². The van der Waals surface area contributed by atoms with Crippen LogP contribution < -0.4 is 0 Å². The lowest BCUT2D eigenvalue weighted by atomic mass is 10.1. The van der Waals surface area contributed by atoms with Crippen LogP contribution in [0.15, 0.2) is 0 Å². The van der Waals surface area contributed by atoms with Crippen LogP contribution in [-0.2, 0) is 9.53 Å². The van der Waals surface area contributed by atoms with Crippen LogP contribution in [-0.4, -0.2) is 71.8 Å². The number of nitrogens with zero attached hydrogens (tertiary/aromatic N) is 2. The van der Waals surface area contributed by atoms with E-state index in [0.29, 0.717) is 19.6 Å². The third-order valence-corrected chi connectivity index (χ3v) is 3.41. The van der Waals surface area contributed by atoms with Crippen molar-refractivity contribution in [2.24, 2.45) is 0 Å². The highest BCUT2D eigenvalue weighted by molar-refractivity contribution is 5.70. The minimum atomic E-state index is -0.640. The van der Waals surface area contributed by atoms with Crippen LogP contribution in [0.2, 0.25) is 0 Å². The number of rotatable bonds is 6. The van der Waals surface area contributed by atoms with Gasteiger partial charge in [0.25, 0.3) is 0 Å². The fraction of sp³-hybridized carbons (Fsp3) is 0.929. The van der Waals surface area contributed by atoms with E-state index in [4.69, 9.17) is 4.74 Å². The molecule has 1 aliphatic heterocycles. The molecule has 0 aliphatic carbocycles. The van der Waals surface area contributed by atoms with Gasteiger partial charge in [-0.25, -0.2) is 0 Å². The molecule has 1 atom stereocenters. The minimum absolute atomic E-state index is 0.117. The quantitative estimate of drug-likeness (QED) is 0.722. The molecule has 1 fully saturated rings. The van der Waals surface area contributed by atoms with Gasteiger partial charge in [0.2, 0.25) is 0 Å². The molecule has 1 heterocycles. The van der Waals surface area contributed by atoms with E-state index in [1.165, 1.54) is 0 Å². The van der Waals surface area contributed by atoms with Crippen molar-refractivity contribution in [2.75, 3.05) is 39.3 Å². The van der Waals surface area contributed by atoms with Crippen molar-refractivity contribution in [1.29, 1.82) is 0 Å². The molecule has 0 bridgehead atoms. The molecule has 19 heavy (non-hydrogen) atoms. The third-order valence-electron chi connectivity index (χ3n) is 3.41. The first-order chi connectivity index (χ1) is 8.81.